The smallest absolute Gasteiger partial charge is 0.141 e. The van der Waals surface area contributed by atoms with Gasteiger partial charge in [-0.15, -0.1) is 0 Å². The molecule has 0 fully saturated rings. The maximum Gasteiger partial charge on any atom is 0.141 e. The van der Waals surface area contributed by atoms with Crippen LogP contribution >= 0.6 is 15.9 Å². The lowest BCUT2D eigenvalue weighted by Gasteiger charge is -2.18. The number of hydrogen-bond acceptors (Lipinski definition) is 3. The molecule has 1 aromatic heterocycles. The minimum Gasteiger partial charge on any atom is -0.301 e. The maximum absolute atomic E-state index is 4.19. The van der Waals surface area contributed by atoms with Crippen LogP contribution in [0.25, 0.3) is 0 Å². The first kappa shape index (κ1) is 11.9. The van der Waals surface area contributed by atoms with Crippen molar-refractivity contribution in [3.05, 3.63) is 46.0 Å². The van der Waals surface area contributed by atoms with Gasteiger partial charge in [-0.05, 0) is 43.0 Å². The van der Waals surface area contributed by atoms with Crippen molar-refractivity contribution < 1.29 is 0 Å². The third kappa shape index (κ3) is 2.20. The molecule has 2 N–H and O–H groups in total. The Morgan fingerprint density at radius 3 is 3.17 bits per heavy atom. The van der Waals surface area contributed by atoms with Crippen LogP contribution in [0.5, 0.6) is 0 Å². The molecule has 2 aromatic rings. The highest BCUT2D eigenvalue weighted by Crippen LogP contribution is 2.34. The molecule has 1 heterocycles. The molecular weight excluding hydrogens is 292 g/mol. The van der Waals surface area contributed by atoms with E-state index in [1.807, 2.05) is 0 Å². The monoisotopic (exact) mass is 306 g/mol. The van der Waals surface area contributed by atoms with Crippen molar-refractivity contribution in [2.45, 2.75) is 31.8 Å². The molecule has 0 saturated heterocycles. The number of rotatable bonds is 3. The van der Waals surface area contributed by atoms with Crippen LogP contribution in [0.3, 0.4) is 0 Å². The Morgan fingerprint density at radius 1 is 1.50 bits per heavy atom. The minimum absolute atomic E-state index is 0.187. The highest BCUT2D eigenvalue weighted by molar-refractivity contribution is 9.10. The second kappa shape index (κ2) is 4.82. The first-order valence-electron chi connectivity index (χ1n) is 6.13. The lowest BCUT2D eigenvalue weighted by molar-refractivity contribution is 0.451. The molecule has 18 heavy (non-hydrogen) atoms. The molecule has 94 valence electrons. The van der Waals surface area contributed by atoms with Gasteiger partial charge in [-0.2, -0.15) is 5.10 Å². The molecule has 4 nitrogen and oxygen atoms in total. The first-order chi connectivity index (χ1) is 8.74. The summed E-state index contributed by atoms with van der Waals surface area (Å²) in [4.78, 5) is 4.19. The third-order valence-corrected chi connectivity index (χ3v) is 3.97. The quantitative estimate of drug-likeness (QED) is 0.917. The van der Waals surface area contributed by atoms with E-state index in [4.69, 9.17) is 0 Å². The van der Waals surface area contributed by atoms with Crippen molar-refractivity contribution in [2.24, 2.45) is 0 Å². The average molecular weight is 307 g/mol. The molecule has 0 radical (unpaired) electrons. The maximum atomic E-state index is 4.19. The summed E-state index contributed by atoms with van der Waals surface area (Å²) in [5.74, 6) is 0.889. The summed E-state index contributed by atoms with van der Waals surface area (Å²) in [5, 5.41) is 10.4. The van der Waals surface area contributed by atoms with Gasteiger partial charge in [0, 0.05) is 10.5 Å². The van der Waals surface area contributed by atoms with E-state index in [-0.39, 0.29) is 6.04 Å². The van der Waals surface area contributed by atoms with Gasteiger partial charge >= 0.3 is 0 Å². The van der Waals surface area contributed by atoms with Crippen LogP contribution in [-0.2, 0) is 6.42 Å². The van der Waals surface area contributed by atoms with Crippen LogP contribution in [0.15, 0.2) is 29.0 Å². The van der Waals surface area contributed by atoms with Gasteiger partial charge in [-0.1, -0.05) is 22.0 Å². The molecule has 1 aliphatic carbocycles. The number of aromatic amines is 1. The Kier molecular flexibility index (Phi) is 3.18. The number of hydrogen-bond donors (Lipinski definition) is 2. The molecular formula is C13H15BrN4. The zero-order valence-corrected chi connectivity index (χ0v) is 11.7. The van der Waals surface area contributed by atoms with Crippen molar-refractivity contribution in [3.63, 3.8) is 0 Å². The van der Waals surface area contributed by atoms with Crippen LogP contribution in [0.4, 0.5) is 0 Å². The molecule has 0 spiro atoms. The molecule has 3 rings (SSSR count). The van der Waals surface area contributed by atoms with Crippen molar-refractivity contribution in [1.29, 1.82) is 0 Å². The fourth-order valence-corrected chi connectivity index (χ4v) is 2.97. The summed E-state index contributed by atoms with van der Waals surface area (Å²) < 4.78 is 1.16. The molecule has 1 aromatic carbocycles. The summed E-state index contributed by atoms with van der Waals surface area (Å²) in [6.45, 7) is 2.11. The normalized spacial score (nSPS) is 19.8. The van der Waals surface area contributed by atoms with Crippen LogP contribution in [0.1, 0.15) is 42.4 Å². The van der Waals surface area contributed by atoms with Gasteiger partial charge < -0.3 is 5.32 Å². The lowest BCUT2D eigenvalue weighted by Crippen LogP contribution is -2.23. The lowest BCUT2D eigenvalue weighted by atomic mass is 10.1. The third-order valence-electron chi connectivity index (χ3n) is 3.48. The summed E-state index contributed by atoms with van der Waals surface area (Å²) >= 11 is 3.52. The Balaban J connectivity index is 1.77. The molecule has 2 unspecified atom stereocenters. The van der Waals surface area contributed by atoms with Crippen LogP contribution < -0.4 is 5.32 Å². The SMILES string of the molecule is CC(NC1CCc2cc(Br)ccc21)c1ncn[nH]1. The summed E-state index contributed by atoms with van der Waals surface area (Å²) in [5.41, 5.74) is 2.84. The van der Waals surface area contributed by atoms with Crippen molar-refractivity contribution in [3.8, 4) is 0 Å². The second-order valence-corrected chi connectivity index (χ2v) is 5.61. The fourth-order valence-electron chi connectivity index (χ4n) is 2.56. The van der Waals surface area contributed by atoms with E-state index in [0.717, 1.165) is 23.1 Å². The summed E-state index contributed by atoms with van der Waals surface area (Å²) in [7, 11) is 0. The molecule has 0 bridgehead atoms. The van der Waals surface area contributed by atoms with Gasteiger partial charge in [0.15, 0.2) is 0 Å². The fraction of sp³-hybridized carbons (Fsp3) is 0.385. The second-order valence-electron chi connectivity index (χ2n) is 4.69. The van der Waals surface area contributed by atoms with Crippen LogP contribution in [0.2, 0.25) is 0 Å². The van der Waals surface area contributed by atoms with E-state index in [9.17, 15) is 0 Å². The number of nitrogens with zero attached hydrogens (tertiary/aromatic N) is 2. The van der Waals surface area contributed by atoms with Crippen LogP contribution in [-0.4, -0.2) is 15.2 Å². The number of nitrogens with one attached hydrogen (secondary N) is 2. The Bertz CT molecular complexity index is 538. The van der Waals surface area contributed by atoms with E-state index >= 15 is 0 Å². The van der Waals surface area contributed by atoms with Gasteiger partial charge in [0.25, 0.3) is 0 Å². The van der Waals surface area contributed by atoms with Gasteiger partial charge in [0.1, 0.15) is 12.2 Å². The number of halogens is 1. The Hall–Kier alpha value is -1.20. The Morgan fingerprint density at radius 2 is 2.39 bits per heavy atom. The van der Waals surface area contributed by atoms with Crippen molar-refractivity contribution in [2.75, 3.05) is 0 Å². The minimum atomic E-state index is 0.187. The van der Waals surface area contributed by atoms with E-state index < -0.39 is 0 Å². The highest BCUT2D eigenvalue weighted by atomic mass is 79.9. The van der Waals surface area contributed by atoms with E-state index in [2.05, 4.69) is 61.6 Å². The van der Waals surface area contributed by atoms with Crippen molar-refractivity contribution >= 4 is 15.9 Å². The standard InChI is InChI=1S/C13H15BrN4/c1-8(13-15-7-16-18-13)17-12-5-2-9-6-10(14)3-4-11(9)12/h3-4,6-8,12,17H,2,5H2,1H3,(H,15,16,18). The highest BCUT2D eigenvalue weighted by Gasteiger charge is 2.24. The summed E-state index contributed by atoms with van der Waals surface area (Å²) in [6, 6.07) is 7.13. The molecule has 5 heteroatoms. The van der Waals surface area contributed by atoms with Crippen LogP contribution in [0, 0.1) is 0 Å². The number of aryl methyl sites for hydroxylation is 1. The van der Waals surface area contributed by atoms with Gasteiger partial charge in [0.05, 0.1) is 6.04 Å². The number of H-pyrrole nitrogens is 1. The van der Waals surface area contributed by atoms with E-state index in [1.165, 1.54) is 11.1 Å². The number of benzene rings is 1. The number of fused-ring (bicyclic) bond motifs is 1. The first-order valence-corrected chi connectivity index (χ1v) is 6.93. The molecule has 1 aliphatic rings. The average Bonchev–Trinajstić information content (AvgIpc) is 2.98. The zero-order valence-electron chi connectivity index (χ0n) is 10.2. The number of aromatic nitrogens is 3. The molecule has 0 amide bonds. The van der Waals surface area contributed by atoms with E-state index in [1.54, 1.807) is 6.33 Å². The predicted molar refractivity (Wildman–Crippen MR) is 73.1 cm³/mol. The van der Waals surface area contributed by atoms with Crippen molar-refractivity contribution in [1.82, 2.24) is 20.5 Å². The predicted octanol–water partition coefficient (Wildman–Crippen LogP) is 2.91. The van der Waals surface area contributed by atoms with Gasteiger partial charge in [-0.25, -0.2) is 4.98 Å². The van der Waals surface area contributed by atoms with Gasteiger partial charge in [-0.3, -0.25) is 5.10 Å². The zero-order chi connectivity index (χ0) is 12.5. The Labute approximate surface area is 114 Å². The molecule has 0 aliphatic heterocycles. The van der Waals surface area contributed by atoms with E-state index in [0.29, 0.717) is 6.04 Å². The topological polar surface area (TPSA) is 53.6 Å². The van der Waals surface area contributed by atoms with Gasteiger partial charge in [0.2, 0.25) is 0 Å². The summed E-state index contributed by atoms with van der Waals surface area (Å²) in [6.07, 6.45) is 3.83. The molecule has 2 atom stereocenters. The molecule has 0 saturated carbocycles. The largest absolute Gasteiger partial charge is 0.301 e.